The van der Waals surface area contributed by atoms with Gasteiger partial charge in [-0.15, -0.1) is 0 Å². The zero-order valence-electron chi connectivity index (χ0n) is 13.0. The van der Waals surface area contributed by atoms with Gasteiger partial charge in [0.2, 0.25) is 0 Å². The number of ether oxygens (including phenoxy) is 1. The molecule has 0 aromatic heterocycles. The number of allylic oxidation sites excluding steroid dienone is 4. The fourth-order valence-electron chi connectivity index (χ4n) is 3.69. The summed E-state index contributed by atoms with van der Waals surface area (Å²) in [6.07, 6.45) is 11.4. The van der Waals surface area contributed by atoms with Crippen molar-refractivity contribution in [3.63, 3.8) is 0 Å². The van der Waals surface area contributed by atoms with Crippen LogP contribution in [0.3, 0.4) is 0 Å². The molecule has 3 rings (SSSR count). The molecule has 0 aromatic rings. The summed E-state index contributed by atoms with van der Waals surface area (Å²) in [6.45, 7) is 4.47. The van der Waals surface area contributed by atoms with E-state index in [1.54, 1.807) is 5.57 Å². The van der Waals surface area contributed by atoms with Gasteiger partial charge in [0.25, 0.3) is 0 Å². The molecule has 3 aliphatic rings. The van der Waals surface area contributed by atoms with Crippen LogP contribution in [-0.2, 0) is 9.53 Å². The first kappa shape index (κ1) is 15.0. The molecule has 116 valence electrons. The first-order valence-electron chi connectivity index (χ1n) is 8.58. The normalized spacial score (nSPS) is 24.3. The minimum atomic E-state index is 0.376. The van der Waals surface area contributed by atoms with E-state index in [1.807, 2.05) is 0 Å². The first-order valence-corrected chi connectivity index (χ1v) is 8.58. The molecule has 1 fully saturated rings. The third-order valence-electron chi connectivity index (χ3n) is 5.02. The van der Waals surface area contributed by atoms with Crippen LogP contribution < -0.4 is 0 Å². The standard InChI is InChI=1S/C18H27NO2/c20-18(8-9-19-10-12-21-13-11-19)17-7-3-6-15-4-1-2-5-16(15)14-17/h14H,1-13H2. The number of ketones is 1. The molecule has 3 heteroatoms. The van der Waals surface area contributed by atoms with Crippen LogP contribution in [0, 0.1) is 0 Å². The van der Waals surface area contributed by atoms with Crippen LogP contribution >= 0.6 is 0 Å². The van der Waals surface area contributed by atoms with Gasteiger partial charge in [0.15, 0.2) is 5.78 Å². The Labute approximate surface area is 128 Å². The average molecular weight is 289 g/mol. The van der Waals surface area contributed by atoms with Gasteiger partial charge in [-0.3, -0.25) is 9.69 Å². The molecular formula is C18H27NO2. The molecule has 0 atom stereocenters. The predicted octanol–water partition coefficient (Wildman–Crippen LogP) is 3.26. The van der Waals surface area contributed by atoms with E-state index in [-0.39, 0.29) is 0 Å². The number of Topliss-reactive ketones (excluding diaryl/α,β-unsaturated/α-hetero) is 1. The lowest BCUT2D eigenvalue weighted by atomic mass is 9.90. The molecule has 1 aliphatic heterocycles. The maximum Gasteiger partial charge on any atom is 0.160 e. The molecule has 0 amide bonds. The number of carbonyl (C=O) groups excluding carboxylic acids is 1. The van der Waals surface area contributed by atoms with E-state index in [0.29, 0.717) is 12.2 Å². The van der Waals surface area contributed by atoms with Gasteiger partial charge in [0, 0.05) is 26.1 Å². The smallest absolute Gasteiger partial charge is 0.160 e. The van der Waals surface area contributed by atoms with Gasteiger partial charge < -0.3 is 4.74 Å². The van der Waals surface area contributed by atoms with Crippen molar-refractivity contribution in [2.75, 3.05) is 32.8 Å². The van der Waals surface area contributed by atoms with Crippen LogP contribution in [-0.4, -0.2) is 43.5 Å². The van der Waals surface area contributed by atoms with Gasteiger partial charge in [-0.25, -0.2) is 0 Å². The van der Waals surface area contributed by atoms with Crippen molar-refractivity contribution >= 4 is 5.78 Å². The molecule has 0 radical (unpaired) electrons. The quantitative estimate of drug-likeness (QED) is 0.795. The molecule has 0 unspecified atom stereocenters. The zero-order chi connectivity index (χ0) is 14.5. The van der Waals surface area contributed by atoms with Crippen molar-refractivity contribution in [3.8, 4) is 0 Å². The van der Waals surface area contributed by atoms with Crippen LogP contribution in [0.2, 0.25) is 0 Å². The molecule has 0 aromatic carbocycles. The molecule has 2 aliphatic carbocycles. The van der Waals surface area contributed by atoms with Crippen LogP contribution in [0.15, 0.2) is 22.8 Å². The molecule has 3 nitrogen and oxygen atoms in total. The van der Waals surface area contributed by atoms with E-state index < -0.39 is 0 Å². The second-order valence-corrected chi connectivity index (χ2v) is 6.49. The largest absolute Gasteiger partial charge is 0.379 e. The van der Waals surface area contributed by atoms with Gasteiger partial charge >= 0.3 is 0 Å². The van der Waals surface area contributed by atoms with Crippen LogP contribution in [0.1, 0.15) is 51.4 Å². The topological polar surface area (TPSA) is 29.5 Å². The van der Waals surface area contributed by atoms with Crippen molar-refractivity contribution in [2.45, 2.75) is 51.4 Å². The van der Waals surface area contributed by atoms with Crippen molar-refractivity contribution in [1.82, 2.24) is 4.90 Å². The molecule has 0 N–H and O–H groups in total. The van der Waals surface area contributed by atoms with Crippen molar-refractivity contribution in [1.29, 1.82) is 0 Å². The summed E-state index contributed by atoms with van der Waals surface area (Å²) in [7, 11) is 0. The summed E-state index contributed by atoms with van der Waals surface area (Å²) < 4.78 is 5.35. The molecule has 0 spiro atoms. The van der Waals surface area contributed by atoms with Gasteiger partial charge in [0.05, 0.1) is 13.2 Å². The maximum absolute atomic E-state index is 12.5. The zero-order valence-corrected chi connectivity index (χ0v) is 13.0. The van der Waals surface area contributed by atoms with Crippen molar-refractivity contribution in [3.05, 3.63) is 22.8 Å². The van der Waals surface area contributed by atoms with E-state index in [0.717, 1.165) is 51.3 Å². The number of morpholine rings is 1. The second-order valence-electron chi connectivity index (χ2n) is 6.49. The Hall–Kier alpha value is -0.930. The lowest BCUT2D eigenvalue weighted by Crippen LogP contribution is -2.37. The van der Waals surface area contributed by atoms with E-state index in [2.05, 4.69) is 11.0 Å². The summed E-state index contributed by atoms with van der Waals surface area (Å²) in [4.78, 5) is 14.9. The lowest BCUT2D eigenvalue weighted by molar-refractivity contribution is -0.116. The Bertz CT molecular complexity index is 444. The molecular weight excluding hydrogens is 262 g/mol. The highest BCUT2D eigenvalue weighted by atomic mass is 16.5. The minimum Gasteiger partial charge on any atom is -0.379 e. The Morgan fingerprint density at radius 2 is 1.81 bits per heavy atom. The summed E-state index contributed by atoms with van der Waals surface area (Å²) >= 11 is 0. The summed E-state index contributed by atoms with van der Waals surface area (Å²) in [5.41, 5.74) is 4.22. The molecule has 0 saturated carbocycles. The number of rotatable bonds is 4. The van der Waals surface area contributed by atoms with Crippen LogP contribution in [0.5, 0.6) is 0 Å². The number of hydrogen-bond donors (Lipinski definition) is 0. The second kappa shape index (κ2) is 7.37. The fourth-order valence-corrected chi connectivity index (χ4v) is 3.69. The molecule has 0 bridgehead atoms. The van der Waals surface area contributed by atoms with Crippen LogP contribution in [0.25, 0.3) is 0 Å². The Morgan fingerprint density at radius 1 is 1.05 bits per heavy atom. The monoisotopic (exact) mass is 289 g/mol. The highest BCUT2D eigenvalue weighted by molar-refractivity contribution is 5.96. The Balaban J connectivity index is 1.58. The van der Waals surface area contributed by atoms with E-state index >= 15 is 0 Å². The fraction of sp³-hybridized carbons (Fsp3) is 0.722. The summed E-state index contributed by atoms with van der Waals surface area (Å²) in [5, 5.41) is 0. The van der Waals surface area contributed by atoms with Crippen molar-refractivity contribution in [2.24, 2.45) is 0 Å². The molecule has 1 saturated heterocycles. The predicted molar refractivity (Wildman–Crippen MR) is 84.3 cm³/mol. The number of hydrogen-bond acceptors (Lipinski definition) is 3. The highest BCUT2D eigenvalue weighted by Crippen LogP contribution is 2.33. The maximum atomic E-state index is 12.5. The van der Waals surface area contributed by atoms with Gasteiger partial charge in [-0.1, -0.05) is 11.6 Å². The van der Waals surface area contributed by atoms with Gasteiger partial charge in [0.1, 0.15) is 0 Å². The number of carbonyl (C=O) groups is 1. The Morgan fingerprint density at radius 3 is 2.67 bits per heavy atom. The van der Waals surface area contributed by atoms with E-state index in [4.69, 9.17) is 4.74 Å². The van der Waals surface area contributed by atoms with E-state index in [1.165, 1.54) is 37.7 Å². The molecule has 21 heavy (non-hydrogen) atoms. The SMILES string of the molecule is O=C(CCN1CCOCC1)C1=CC2=C(CCCC2)CCC1. The first-order chi connectivity index (χ1) is 10.3. The van der Waals surface area contributed by atoms with Crippen LogP contribution in [0.4, 0.5) is 0 Å². The third kappa shape index (κ3) is 4.04. The van der Waals surface area contributed by atoms with Crippen molar-refractivity contribution < 1.29 is 9.53 Å². The number of nitrogens with zero attached hydrogens (tertiary/aromatic N) is 1. The summed E-state index contributed by atoms with van der Waals surface area (Å²) in [5.74, 6) is 0.376. The summed E-state index contributed by atoms with van der Waals surface area (Å²) in [6, 6.07) is 0. The van der Waals surface area contributed by atoms with Gasteiger partial charge in [-0.05, 0) is 56.1 Å². The minimum absolute atomic E-state index is 0.376. The highest BCUT2D eigenvalue weighted by Gasteiger charge is 2.19. The third-order valence-corrected chi connectivity index (χ3v) is 5.02. The Kier molecular flexibility index (Phi) is 5.26. The lowest BCUT2D eigenvalue weighted by Gasteiger charge is -2.26. The van der Waals surface area contributed by atoms with Gasteiger partial charge in [-0.2, -0.15) is 0 Å². The average Bonchev–Trinajstić information content (AvgIpc) is 2.76. The van der Waals surface area contributed by atoms with E-state index in [9.17, 15) is 4.79 Å². The molecule has 1 heterocycles.